The first kappa shape index (κ1) is 32.0. The van der Waals surface area contributed by atoms with Gasteiger partial charge < -0.3 is 37.8 Å². The van der Waals surface area contributed by atoms with Crippen LogP contribution in [0.1, 0.15) is 46.1 Å². The zero-order valence-electron chi connectivity index (χ0n) is 24.6. The van der Waals surface area contributed by atoms with Gasteiger partial charge in [0, 0.05) is 19.8 Å². The maximum Gasteiger partial charge on any atom is 0.289 e. The molecule has 2 aliphatic heterocycles. The number of fused-ring (bicyclic) bond motifs is 2. The summed E-state index contributed by atoms with van der Waals surface area (Å²) in [6, 6.07) is 0. The number of imidazole rings is 2. The Morgan fingerprint density at radius 2 is 1.51 bits per heavy atom. The minimum Gasteiger partial charge on any atom is -0.382 e. The van der Waals surface area contributed by atoms with E-state index in [4.69, 9.17) is 37.8 Å². The van der Waals surface area contributed by atoms with Crippen molar-refractivity contribution in [2.45, 2.75) is 76.6 Å². The van der Waals surface area contributed by atoms with Crippen molar-refractivity contribution in [3.05, 3.63) is 25.3 Å². The Labute approximate surface area is 272 Å². The smallest absolute Gasteiger partial charge is 0.289 e. The molecule has 6 rings (SSSR count). The van der Waals surface area contributed by atoms with Crippen LogP contribution in [0.5, 0.6) is 0 Å². The van der Waals surface area contributed by atoms with E-state index in [-0.39, 0.29) is 43.0 Å². The Bertz CT molecular complexity index is 1640. The first-order valence-electron chi connectivity index (χ1n) is 14.1. The number of nitrogens with two attached hydrogens (primary N) is 2. The van der Waals surface area contributed by atoms with Crippen LogP contribution in [0.25, 0.3) is 22.3 Å². The van der Waals surface area contributed by atoms with Gasteiger partial charge in [0.05, 0.1) is 38.1 Å². The fourth-order valence-corrected chi connectivity index (χ4v) is 6.90. The van der Waals surface area contributed by atoms with Crippen LogP contribution in [0.3, 0.4) is 0 Å². The van der Waals surface area contributed by atoms with Gasteiger partial charge >= 0.3 is 0 Å². The fourth-order valence-electron chi connectivity index (χ4n) is 5.18. The van der Waals surface area contributed by atoms with Crippen molar-refractivity contribution in [3.8, 4) is 0 Å². The predicted octanol–water partition coefficient (Wildman–Crippen LogP) is 2.33. The molecule has 0 saturated carbocycles. The topological polar surface area (TPSA) is 224 Å². The second kappa shape index (κ2) is 13.8. The number of ether oxygens (including phenoxy) is 3. The standard InChI is InChI=1S/C25H33IN11O7P/c1-12(2)39-6-16-15(5-19(41-16)37-11-34-21-23(28)30-9-32-25(21)37)44-45(35-13(3)38)40-7-17-14(43-26)4-18(42-17)36-10-33-20-22(27)29-8-31-24(20)36/h8-12,14-19H,4-7H2,1-3H3,(H,35,38)(H2,27,29,31)(H2,28,30,32). The summed E-state index contributed by atoms with van der Waals surface area (Å²) in [5.41, 5.74) is 14.0. The van der Waals surface area contributed by atoms with Crippen LogP contribution < -0.4 is 16.6 Å². The average molecular weight is 757 g/mol. The number of nitrogen functional groups attached to an aromatic ring is 2. The lowest BCUT2D eigenvalue weighted by atomic mass is 10.2. The van der Waals surface area contributed by atoms with Crippen molar-refractivity contribution < 1.29 is 31.1 Å². The van der Waals surface area contributed by atoms with Crippen LogP contribution in [0.15, 0.2) is 25.3 Å². The molecule has 7 unspecified atom stereocenters. The van der Waals surface area contributed by atoms with E-state index in [9.17, 15) is 4.79 Å². The number of carbonyl (C=O) groups excluding carboxylic acids is 1. The molecule has 6 heterocycles. The number of amides is 1. The highest BCUT2D eigenvalue weighted by molar-refractivity contribution is 14.1. The quantitative estimate of drug-likeness (QED) is 0.139. The molecule has 0 aromatic carbocycles. The van der Waals surface area contributed by atoms with Crippen LogP contribution in [0.2, 0.25) is 0 Å². The third-order valence-electron chi connectivity index (χ3n) is 7.30. The van der Waals surface area contributed by atoms with Gasteiger partial charge in [0.15, 0.2) is 22.9 Å². The highest BCUT2D eigenvalue weighted by Crippen LogP contribution is 2.44. The molecule has 20 heteroatoms. The Morgan fingerprint density at radius 3 is 2.04 bits per heavy atom. The highest BCUT2D eigenvalue weighted by Gasteiger charge is 2.42. The Hall–Kier alpha value is -2.91. The molecule has 2 aliphatic rings. The number of hydrogen-bond donors (Lipinski definition) is 3. The summed E-state index contributed by atoms with van der Waals surface area (Å²) in [6.45, 7) is 5.61. The van der Waals surface area contributed by atoms with E-state index in [1.54, 1.807) is 21.8 Å². The van der Waals surface area contributed by atoms with Gasteiger partial charge in [0.1, 0.15) is 77.5 Å². The van der Waals surface area contributed by atoms with Gasteiger partial charge in [-0.1, -0.05) is 0 Å². The third-order valence-corrected chi connectivity index (χ3v) is 9.30. The summed E-state index contributed by atoms with van der Waals surface area (Å²) >= 11 is 1.85. The molecule has 18 nitrogen and oxygen atoms in total. The van der Waals surface area contributed by atoms with Crippen molar-refractivity contribution in [2.24, 2.45) is 0 Å². The van der Waals surface area contributed by atoms with E-state index in [0.717, 1.165) is 0 Å². The molecule has 2 saturated heterocycles. The zero-order valence-corrected chi connectivity index (χ0v) is 27.6. The molecule has 2 fully saturated rings. The molecular weight excluding hydrogens is 724 g/mol. The minimum atomic E-state index is -1.91. The number of nitrogens with zero attached hydrogens (tertiary/aromatic N) is 8. The molecular formula is C25H33IN11O7P. The lowest BCUT2D eigenvalue weighted by Gasteiger charge is -2.26. The lowest BCUT2D eigenvalue weighted by Crippen LogP contribution is -2.32. The summed E-state index contributed by atoms with van der Waals surface area (Å²) in [6.07, 6.45) is 4.16. The molecule has 1 amide bonds. The molecule has 0 spiro atoms. The van der Waals surface area contributed by atoms with Crippen LogP contribution in [-0.4, -0.2) is 88.7 Å². The maximum absolute atomic E-state index is 12.2. The summed E-state index contributed by atoms with van der Waals surface area (Å²) < 4.78 is 40.4. The Balaban J connectivity index is 1.16. The summed E-state index contributed by atoms with van der Waals surface area (Å²) in [5, 5.41) is 2.79. The van der Waals surface area contributed by atoms with Gasteiger partial charge in [-0.05, 0) is 13.8 Å². The van der Waals surface area contributed by atoms with E-state index < -0.39 is 39.3 Å². The van der Waals surface area contributed by atoms with Crippen molar-refractivity contribution >= 4 is 71.4 Å². The molecule has 0 radical (unpaired) electrons. The number of nitrogens with one attached hydrogen (secondary N) is 1. The van der Waals surface area contributed by atoms with E-state index >= 15 is 0 Å². The summed E-state index contributed by atoms with van der Waals surface area (Å²) in [4.78, 5) is 37.5. The van der Waals surface area contributed by atoms with Gasteiger partial charge in [-0.25, -0.2) is 29.9 Å². The van der Waals surface area contributed by atoms with Crippen LogP contribution >= 0.6 is 31.5 Å². The monoisotopic (exact) mass is 757 g/mol. The first-order chi connectivity index (χ1) is 21.7. The molecule has 0 bridgehead atoms. The number of anilines is 2. The van der Waals surface area contributed by atoms with Gasteiger partial charge in [-0.2, -0.15) is 0 Å². The number of carbonyl (C=O) groups is 1. The van der Waals surface area contributed by atoms with Crippen molar-refractivity contribution in [1.82, 2.24) is 44.1 Å². The second-order valence-electron chi connectivity index (χ2n) is 10.8. The molecule has 4 aromatic rings. The van der Waals surface area contributed by atoms with E-state index in [0.29, 0.717) is 35.2 Å². The van der Waals surface area contributed by atoms with Crippen molar-refractivity contribution in [1.29, 1.82) is 0 Å². The number of aromatic nitrogens is 8. The SMILES string of the molecule is CC(=O)NP(OCC1OC(n2cnc3c(N)ncnc32)CC1OI)OC1CC(n2cnc3c(N)ncnc32)OC1COC(C)C. The minimum absolute atomic E-state index is 0.0313. The summed E-state index contributed by atoms with van der Waals surface area (Å²) in [5.74, 6) is 0.245. The second-order valence-corrected chi connectivity index (χ2v) is 12.5. The zero-order chi connectivity index (χ0) is 31.7. The number of hydrogen-bond acceptors (Lipinski definition) is 15. The van der Waals surface area contributed by atoms with Gasteiger partial charge in [0.25, 0.3) is 8.53 Å². The largest absolute Gasteiger partial charge is 0.382 e. The highest BCUT2D eigenvalue weighted by atomic mass is 127. The van der Waals surface area contributed by atoms with Crippen LogP contribution in [-0.2, 0) is 31.1 Å². The molecule has 5 N–H and O–H groups in total. The van der Waals surface area contributed by atoms with Gasteiger partial charge in [0.2, 0.25) is 5.91 Å². The number of rotatable bonds is 12. The predicted molar refractivity (Wildman–Crippen MR) is 168 cm³/mol. The average Bonchev–Trinajstić information content (AvgIpc) is 3.79. The van der Waals surface area contributed by atoms with E-state index in [1.165, 1.54) is 19.6 Å². The molecule has 45 heavy (non-hydrogen) atoms. The van der Waals surface area contributed by atoms with Gasteiger partial charge in [-0.15, -0.1) is 0 Å². The normalized spacial score (nSPS) is 25.9. The summed E-state index contributed by atoms with van der Waals surface area (Å²) in [7, 11) is -1.91. The molecule has 0 aliphatic carbocycles. The molecule has 4 aromatic heterocycles. The van der Waals surface area contributed by atoms with Gasteiger partial charge in [-0.3, -0.25) is 19.0 Å². The third kappa shape index (κ3) is 6.94. The molecule has 7 atom stereocenters. The maximum atomic E-state index is 12.2. The fraction of sp³-hybridized carbons (Fsp3) is 0.560. The van der Waals surface area contributed by atoms with E-state index in [1.807, 2.05) is 36.9 Å². The van der Waals surface area contributed by atoms with Crippen LogP contribution in [0.4, 0.5) is 11.6 Å². The lowest BCUT2D eigenvalue weighted by molar-refractivity contribution is -0.117. The molecule has 242 valence electrons. The van der Waals surface area contributed by atoms with Crippen molar-refractivity contribution in [3.63, 3.8) is 0 Å². The number of halogens is 1. The van der Waals surface area contributed by atoms with Crippen molar-refractivity contribution in [2.75, 3.05) is 24.7 Å². The van der Waals surface area contributed by atoms with E-state index in [2.05, 4.69) is 35.0 Å². The Morgan fingerprint density at radius 1 is 0.956 bits per heavy atom. The van der Waals surface area contributed by atoms with Crippen LogP contribution in [0, 0.1) is 0 Å². The Kier molecular flexibility index (Phi) is 9.85. The first-order valence-corrected chi connectivity index (χ1v) is 16.2.